The van der Waals surface area contributed by atoms with E-state index in [1.165, 1.54) is 38.0 Å². The monoisotopic (exact) mass is 1140 g/mol. The minimum absolute atomic E-state index is 0.0458. The predicted molar refractivity (Wildman–Crippen MR) is 292 cm³/mol. The molecule has 0 saturated carbocycles. The van der Waals surface area contributed by atoms with Gasteiger partial charge in [0.1, 0.15) is 0 Å². The molecule has 0 aliphatic carbocycles. The first-order valence-corrected chi connectivity index (χ1v) is 31.6. The maximum absolute atomic E-state index is 11.9. The average Bonchev–Trinajstić information content (AvgIpc) is 3.26. The third-order valence-electron chi connectivity index (χ3n) is 7.59. The lowest BCUT2D eigenvalue weighted by molar-refractivity contribution is 0.282. The Kier molecular flexibility index (Phi) is 46.7. The molecule has 0 atom stereocenters. The second kappa shape index (κ2) is 40.8. The van der Waals surface area contributed by atoms with E-state index in [4.69, 9.17) is 13.7 Å². The Hall–Kier alpha value is -3.58. The van der Waals surface area contributed by atoms with E-state index in [9.17, 15) is 55.1 Å². The molecule has 0 amide bonds. The number of benzene rings is 3. The fourth-order valence-electron chi connectivity index (χ4n) is 5.34. The molecular formula is C48H86O18S6. The Morgan fingerprint density at radius 1 is 0.514 bits per heavy atom. The SMILES string of the molecule is C#C.C=C.CC.CC.CC.CCC.CCC.CCc1c(S(=O)(=O)O)cc(C)c(C(C)(C)C)c1C.Cc1ccc(S(=O)(=O)CCOS(=O)(=O)O)cc1.Cc1ccc(S(=O)(=O)CCOS(=O)(=O)O)cc1S(=O)(=O)O. The number of hydrogen-bond acceptors (Lipinski definition) is 14. The summed E-state index contributed by atoms with van der Waals surface area (Å²) in [5, 5.41) is 0. The van der Waals surface area contributed by atoms with Crippen LogP contribution in [-0.4, -0.2) is 93.4 Å². The lowest BCUT2D eigenvalue weighted by Gasteiger charge is -2.27. The fraction of sp³-hybridized carbons (Fsp3) is 0.542. The van der Waals surface area contributed by atoms with E-state index >= 15 is 0 Å². The highest BCUT2D eigenvalue weighted by molar-refractivity contribution is 7.92. The first kappa shape index (κ1) is 82.4. The summed E-state index contributed by atoms with van der Waals surface area (Å²) in [6.45, 7) is 40.3. The van der Waals surface area contributed by atoms with Crippen molar-refractivity contribution in [1.82, 2.24) is 0 Å². The van der Waals surface area contributed by atoms with Crippen LogP contribution in [0, 0.1) is 40.5 Å². The van der Waals surface area contributed by atoms with Gasteiger partial charge in [0.2, 0.25) is 0 Å². The van der Waals surface area contributed by atoms with Crippen LogP contribution in [0.25, 0.3) is 0 Å². The zero-order chi connectivity index (χ0) is 59.3. The van der Waals surface area contributed by atoms with Crippen molar-refractivity contribution < 1.29 is 77.1 Å². The van der Waals surface area contributed by atoms with Crippen molar-refractivity contribution in [3.8, 4) is 12.8 Å². The maximum atomic E-state index is 11.9. The third kappa shape index (κ3) is 37.2. The van der Waals surface area contributed by atoms with Gasteiger partial charge in [0, 0.05) is 0 Å². The van der Waals surface area contributed by atoms with Crippen molar-refractivity contribution in [3.05, 3.63) is 95.1 Å². The fourth-order valence-corrected chi connectivity index (χ4v) is 10.1. The predicted octanol–water partition coefficient (Wildman–Crippen LogP) is 10.8. The van der Waals surface area contributed by atoms with Crippen molar-refractivity contribution in [1.29, 1.82) is 0 Å². The van der Waals surface area contributed by atoms with Gasteiger partial charge >= 0.3 is 20.8 Å². The van der Waals surface area contributed by atoms with E-state index in [1.807, 2.05) is 69.2 Å². The topological polar surface area (TPSA) is 304 Å². The molecule has 3 aromatic carbocycles. The summed E-state index contributed by atoms with van der Waals surface area (Å²) in [5.74, 6) is -1.32. The van der Waals surface area contributed by atoms with Gasteiger partial charge in [-0.2, -0.15) is 33.7 Å². The molecular weight excluding hydrogens is 1060 g/mol. The molecule has 0 aliphatic rings. The van der Waals surface area contributed by atoms with E-state index in [-0.39, 0.29) is 20.8 Å². The quantitative estimate of drug-likeness (QED) is 0.0702. The standard InChI is InChI=1S/C14H22O3S.C9H12O9S3.C9H12O6S2.2C3H8.3C2H6.C2H4.C2H2/c1-7-11-10(3)13(14(4,5)6)9(2)8-12(11)18(15,16)17;1-7-2-3-8(6-9(7)20(12,13)14)19(10,11)5-4-18-21(15,16)17;1-8-2-4-9(5-3-8)16(10,11)7-6-15-17(12,13)14;2*1-3-2;5*1-2/h8H,7H2,1-6H3,(H,15,16,17);2-3,6H,4-5H2,1H3,(H,12,13,14)(H,15,16,17);2-5H,6-7H2,1H3,(H,12,13,14);2*3H2,1-2H3;3*1-2H3;1-2H2;1-2H. The third-order valence-corrected chi connectivity index (χ3v) is 13.8. The summed E-state index contributed by atoms with van der Waals surface area (Å²) in [6, 6.07) is 10.8. The van der Waals surface area contributed by atoms with Gasteiger partial charge in [0.15, 0.2) is 19.7 Å². The number of aryl methyl sites for hydroxylation is 3. The van der Waals surface area contributed by atoms with Gasteiger partial charge in [-0.05, 0) is 97.7 Å². The highest BCUT2D eigenvalue weighted by Gasteiger charge is 2.26. The molecule has 0 bridgehead atoms. The first-order chi connectivity index (χ1) is 32.9. The summed E-state index contributed by atoms with van der Waals surface area (Å²) in [7, 11) is -25.8. The van der Waals surface area contributed by atoms with Crippen LogP contribution in [0.3, 0.4) is 0 Å². The van der Waals surface area contributed by atoms with Crippen molar-refractivity contribution >= 4 is 60.7 Å². The summed E-state index contributed by atoms with van der Waals surface area (Å²) < 4.78 is 176. The van der Waals surface area contributed by atoms with Gasteiger partial charge in [0.25, 0.3) is 20.2 Å². The van der Waals surface area contributed by atoms with Crippen molar-refractivity contribution in [2.75, 3.05) is 24.7 Å². The van der Waals surface area contributed by atoms with Gasteiger partial charge in [-0.15, -0.1) is 26.0 Å². The average molecular weight is 1140 g/mol. The summed E-state index contributed by atoms with van der Waals surface area (Å²) in [6.07, 6.45) is 11.1. The van der Waals surface area contributed by atoms with Crippen LogP contribution in [0.4, 0.5) is 0 Å². The molecule has 0 aromatic heterocycles. The highest BCUT2D eigenvalue weighted by atomic mass is 32.3. The van der Waals surface area contributed by atoms with Crippen molar-refractivity contribution in [3.63, 3.8) is 0 Å². The molecule has 0 heterocycles. The van der Waals surface area contributed by atoms with Crippen LogP contribution in [0.15, 0.2) is 81.3 Å². The summed E-state index contributed by atoms with van der Waals surface area (Å²) in [4.78, 5) is -0.867. The number of terminal acetylenes is 1. The van der Waals surface area contributed by atoms with Crippen LogP contribution in [-0.2, 0) is 80.9 Å². The van der Waals surface area contributed by atoms with Gasteiger partial charge in [0.05, 0.1) is 44.3 Å². The van der Waals surface area contributed by atoms with Crippen LogP contribution < -0.4 is 0 Å². The van der Waals surface area contributed by atoms with Crippen molar-refractivity contribution in [2.24, 2.45) is 0 Å². The lowest BCUT2D eigenvalue weighted by atomic mass is 9.79. The zero-order valence-corrected chi connectivity index (χ0v) is 50.5. The molecule has 24 heteroatoms. The normalized spacial score (nSPS) is 10.9. The van der Waals surface area contributed by atoms with Crippen LogP contribution in [0.5, 0.6) is 0 Å². The number of hydrogen-bond donors (Lipinski definition) is 4. The lowest BCUT2D eigenvalue weighted by Crippen LogP contribution is -2.18. The molecule has 0 unspecified atom stereocenters. The minimum atomic E-state index is -4.77. The van der Waals surface area contributed by atoms with Crippen LogP contribution in [0.1, 0.15) is 143 Å². The van der Waals surface area contributed by atoms with E-state index < -0.39 is 95.2 Å². The highest BCUT2D eigenvalue weighted by Crippen LogP contribution is 2.34. The molecule has 422 valence electrons. The van der Waals surface area contributed by atoms with Gasteiger partial charge in [-0.3, -0.25) is 18.2 Å². The summed E-state index contributed by atoms with van der Waals surface area (Å²) >= 11 is 0. The van der Waals surface area contributed by atoms with Crippen molar-refractivity contribution in [2.45, 2.75) is 169 Å². The molecule has 0 saturated heterocycles. The smallest absolute Gasteiger partial charge is 0.282 e. The van der Waals surface area contributed by atoms with Gasteiger partial charge in [-0.1, -0.05) is 134 Å². The molecule has 3 aromatic rings. The Morgan fingerprint density at radius 2 is 0.833 bits per heavy atom. The van der Waals surface area contributed by atoms with Crippen LogP contribution >= 0.6 is 0 Å². The Morgan fingerprint density at radius 3 is 1.12 bits per heavy atom. The Balaban J connectivity index is -0.000000154. The largest absolute Gasteiger partial charge is 0.397 e. The molecule has 0 fully saturated rings. The summed E-state index contributed by atoms with van der Waals surface area (Å²) in [5.41, 5.74) is 4.77. The first-order valence-electron chi connectivity index (χ1n) is 22.6. The van der Waals surface area contributed by atoms with Gasteiger partial charge < -0.3 is 0 Å². The second-order valence-electron chi connectivity index (χ2n) is 14.5. The number of rotatable bonds is 13. The van der Waals surface area contributed by atoms with E-state index in [2.05, 4.69) is 82.8 Å². The molecule has 3 rings (SSSR count). The Labute approximate surface area is 436 Å². The zero-order valence-electron chi connectivity index (χ0n) is 45.6. The van der Waals surface area contributed by atoms with Gasteiger partial charge in [-0.25, -0.2) is 25.2 Å². The van der Waals surface area contributed by atoms with E-state index in [1.54, 1.807) is 18.2 Å². The maximum Gasteiger partial charge on any atom is 0.397 e. The molecule has 0 radical (unpaired) electrons. The number of sulfone groups is 2. The van der Waals surface area contributed by atoms with Crippen LogP contribution in [0.2, 0.25) is 0 Å². The van der Waals surface area contributed by atoms with E-state index in [0.29, 0.717) is 12.0 Å². The van der Waals surface area contributed by atoms with E-state index in [0.717, 1.165) is 34.4 Å². The molecule has 4 N–H and O–H groups in total. The Bertz CT molecular complexity index is 2650. The molecule has 18 nitrogen and oxygen atoms in total. The molecule has 0 spiro atoms. The molecule has 0 aliphatic heterocycles. The molecule has 72 heavy (non-hydrogen) atoms. The minimum Gasteiger partial charge on any atom is -0.282 e. The second-order valence-corrected chi connectivity index (χ2v) is 23.7.